The van der Waals surface area contributed by atoms with Crippen LogP contribution in [0.4, 0.5) is 0 Å². The van der Waals surface area contributed by atoms with Gasteiger partial charge in [0.25, 0.3) is 0 Å². The fourth-order valence-electron chi connectivity index (χ4n) is 2.10. The van der Waals surface area contributed by atoms with Gasteiger partial charge in [0.05, 0.1) is 0 Å². The van der Waals surface area contributed by atoms with E-state index in [2.05, 4.69) is 4.98 Å². The summed E-state index contributed by atoms with van der Waals surface area (Å²) in [7, 11) is 0. The molecular formula is C10H12ClNO2S. The van der Waals surface area contributed by atoms with Crippen molar-refractivity contribution in [3.05, 3.63) is 15.0 Å². The van der Waals surface area contributed by atoms with Gasteiger partial charge in [-0.2, -0.15) is 0 Å². The van der Waals surface area contributed by atoms with Crippen molar-refractivity contribution < 1.29 is 9.90 Å². The molecule has 1 aliphatic carbocycles. The van der Waals surface area contributed by atoms with Crippen molar-refractivity contribution in [1.29, 1.82) is 0 Å². The summed E-state index contributed by atoms with van der Waals surface area (Å²) in [5, 5.41) is 9.00. The van der Waals surface area contributed by atoms with E-state index in [1.165, 1.54) is 30.6 Å². The Kier molecular flexibility index (Phi) is 3.26. The lowest BCUT2D eigenvalue weighted by molar-refractivity contribution is 0.0689. The van der Waals surface area contributed by atoms with Crippen molar-refractivity contribution in [1.82, 2.24) is 4.98 Å². The van der Waals surface area contributed by atoms with Crippen molar-refractivity contribution >= 4 is 28.9 Å². The van der Waals surface area contributed by atoms with Crippen LogP contribution in [-0.2, 0) is 0 Å². The summed E-state index contributed by atoms with van der Waals surface area (Å²) in [6, 6.07) is 0. The van der Waals surface area contributed by atoms with Crippen LogP contribution in [0.3, 0.4) is 0 Å². The summed E-state index contributed by atoms with van der Waals surface area (Å²) in [5.74, 6) is -0.603. The Hall–Kier alpha value is -0.610. The summed E-state index contributed by atoms with van der Waals surface area (Å²) in [6.45, 7) is 0. The molecule has 0 saturated heterocycles. The molecule has 0 bridgehead atoms. The predicted octanol–water partition coefficient (Wildman–Crippen LogP) is 3.54. The second kappa shape index (κ2) is 4.49. The third-order valence-electron chi connectivity index (χ3n) is 2.81. The van der Waals surface area contributed by atoms with E-state index in [4.69, 9.17) is 16.7 Å². The van der Waals surface area contributed by atoms with Gasteiger partial charge in [-0.3, -0.25) is 0 Å². The summed E-state index contributed by atoms with van der Waals surface area (Å²) >= 11 is 7.10. The standard InChI is InChI=1S/C10H12ClNO2S/c11-10-12-7(9(13)14)8(15-10)6-4-2-1-3-5-6/h6H,1-5H2,(H,13,14). The highest BCUT2D eigenvalue weighted by molar-refractivity contribution is 7.16. The van der Waals surface area contributed by atoms with Crippen LogP contribution in [0.2, 0.25) is 4.47 Å². The lowest BCUT2D eigenvalue weighted by atomic mass is 9.87. The molecule has 0 aromatic carbocycles. The van der Waals surface area contributed by atoms with E-state index in [1.54, 1.807) is 0 Å². The fraction of sp³-hybridized carbons (Fsp3) is 0.600. The Bertz CT molecular complexity index is 371. The number of rotatable bonds is 2. The zero-order valence-electron chi connectivity index (χ0n) is 8.20. The Morgan fingerprint density at radius 1 is 1.40 bits per heavy atom. The second-order valence-electron chi connectivity index (χ2n) is 3.82. The zero-order chi connectivity index (χ0) is 10.8. The average Bonchev–Trinajstić information content (AvgIpc) is 2.62. The van der Waals surface area contributed by atoms with Crippen LogP contribution in [0, 0.1) is 0 Å². The van der Waals surface area contributed by atoms with Crippen LogP contribution < -0.4 is 0 Å². The monoisotopic (exact) mass is 245 g/mol. The van der Waals surface area contributed by atoms with E-state index in [0.717, 1.165) is 17.7 Å². The lowest BCUT2D eigenvalue weighted by Crippen LogP contribution is -2.08. The molecule has 1 aliphatic rings. The molecule has 82 valence electrons. The smallest absolute Gasteiger partial charge is 0.355 e. The highest BCUT2D eigenvalue weighted by Gasteiger charge is 2.25. The quantitative estimate of drug-likeness (QED) is 0.867. The first-order valence-corrected chi connectivity index (χ1v) is 6.27. The molecule has 1 N–H and O–H groups in total. The predicted molar refractivity (Wildman–Crippen MR) is 59.9 cm³/mol. The maximum Gasteiger partial charge on any atom is 0.355 e. The molecule has 0 aliphatic heterocycles. The Balaban J connectivity index is 2.28. The van der Waals surface area contributed by atoms with Crippen LogP contribution in [0.15, 0.2) is 0 Å². The summed E-state index contributed by atoms with van der Waals surface area (Å²) < 4.78 is 0.341. The van der Waals surface area contributed by atoms with Gasteiger partial charge >= 0.3 is 5.97 Å². The molecule has 3 nitrogen and oxygen atoms in total. The molecule has 15 heavy (non-hydrogen) atoms. The molecule has 0 spiro atoms. The summed E-state index contributed by atoms with van der Waals surface area (Å²) in [5.41, 5.74) is 0.164. The first kappa shape index (κ1) is 10.9. The Labute approximate surface area is 97.1 Å². The topological polar surface area (TPSA) is 50.2 Å². The number of halogens is 1. The number of aromatic carboxylic acids is 1. The molecule has 2 rings (SSSR count). The van der Waals surface area contributed by atoms with Crippen molar-refractivity contribution in [3.63, 3.8) is 0 Å². The minimum absolute atomic E-state index is 0.164. The molecule has 0 atom stereocenters. The molecule has 0 radical (unpaired) electrons. The molecule has 1 aromatic rings. The van der Waals surface area contributed by atoms with Crippen LogP contribution in [0.25, 0.3) is 0 Å². The third-order valence-corrected chi connectivity index (χ3v) is 4.13. The fourth-order valence-corrected chi connectivity index (χ4v) is 3.38. The van der Waals surface area contributed by atoms with Gasteiger partial charge in [-0.1, -0.05) is 30.9 Å². The minimum Gasteiger partial charge on any atom is -0.476 e. The molecule has 1 saturated carbocycles. The van der Waals surface area contributed by atoms with E-state index in [0.29, 0.717) is 10.4 Å². The number of carbonyl (C=O) groups is 1. The first-order valence-electron chi connectivity index (χ1n) is 5.08. The van der Waals surface area contributed by atoms with Gasteiger partial charge in [0.15, 0.2) is 10.2 Å². The van der Waals surface area contributed by atoms with Gasteiger partial charge in [0.2, 0.25) is 0 Å². The Morgan fingerprint density at radius 2 is 2.07 bits per heavy atom. The number of carboxylic acid groups (broad SMARTS) is 1. The summed E-state index contributed by atoms with van der Waals surface area (Å²) in [6.07, 6.45) is 5.75. The molecule has 1 heterocycles. The largest absolute Gasteiger partial charge is 0.476 e. The van der Waals surface area contributed by atoms with Crippen LogP contribution >= 0.6 is 22.9 Å². The molecule has 0 amide bonds. The number of carboxylic acids is 1. The average molecular weight is 246 g/mol. The molecule has 5 heteroatoms. The van der Waals surface area contributed by atoms with E-state index in [-0.39, 0.29) is 5.69 Å². The number of nitrogens with zero attached hydrogens (tertiary/aromatic N) is 1. The third kappa shape index (κ3) is 2.32. The SMILES string of the molecule is O=C(O)c1nc(Cl)sc1C1CCCCC1. The van der Waals surface area contributed by atoms with Gasteiger partial charge in [-0.25, -0.2) is 9.78 Å². The maximum absolute atomic E-state index is 11.0. The van der Waals surface area contributed by atoms with Crippen molar-refractivity contribution in [3.8, 4) is 0 Å². The number of aromatic nitrogens is 1. The van der Waals surface area contributed by atoms with Crippen LogP contribution in [-0.4, -0.2) is 16.1 Å². The van der Waals surface area contributed by atoms with E-state index >= 15 is 0 Å². The second-order valence-corrected chi connectivity index (χ2v) is 5.43. The molecule has 1 aromatic heterocycles. The van der Waals surface area contributed by atoms with Gasteiger partial charge in [-0.15, -0.1) is 11.3 Å². The van der Waals surface area contributed by atoms with Crippen molar-refractivity contribution in [2.45, 2.75) is 38.0 Å². The van der Waals surface area contributed by atoms with Gasteiger partial charge in [-0.05, 0) is 18.8 Å². The number of hydrogen-bond acceptors (Lipinski definition) is 3. The first-order chi connectivity index (χ1) is 7.18. The van der Waals surface area contributed by atoms with Crippen LogP contribution in [0.1, 0.15) is 53.4 Å². The summed E-state index contributed by atoms with van der Waals surface area (Å²) in [4.78, 5) is 15.7. The Morgan fingerprint density at radius 3 is 2.67 bits per heavy atom. The van der Waals surface area contributed by atoms with Gasteiger partial charge < -0.3 is 5.11 Å². The number of thiazole rings is 1. The van der Waals surface area contributed by atoms with Crippen molar-refractivity contribution in [2.75, 3.05) is 0 Å². The normalized spacial score (nSPS) is 17.9. The highest BCUT2D eigenvalue weighted by atomic mass is 35.5. The maximum atomic E-state index is 11.0. The lowest BCUT2D eigenvalue weighted by Gasteiger charge is -2.20. The molecule has 1 fully saturated rings. The van der Waals surface area contributed by atoms with Gasteiger partial charge in [0.1, 0.15) is 0 Å². The van der Waals surface area contributed by atoms with Crippen molar-refractivity contribution in [2.24, 2.45) is 0 Å². The number of hydrogen-bond donors (Lipinski definition) is 1. The molecular weight excluding hydrogens is 234 g/mol. The molecule has 0 unspecified atom stereocenters. The van der Waals surface area contributed by atoms with E-state index < -0.39 is 5.97 Å². The highest BCUT2D eigenvalue weighted by Crippen LogP contribution is 2.38. The minimum atomic E-state index is -0.960. The van der Waals surface area contributed by atoms with Crippen LogP contribution in [0.5, 0.6) is 0 Å². The van der Waals surface area contributed by atoms with Gasteiger partial charge in [0, 0.05) is 4.88 Å². The van der Waals surface area contributed by atoms with E-state index in [9.17, 15) is 4.79 Å². The van der Waals surface area contributed by atoms with E-state index in [1.807, 2.05) is 0 Å². The zero-order valence-corrected chi connectivity index (χ0v) is 9.77.